The van der Waals surface area contributed by atoms with Crippen molar-refractivity contribution in [3.63, 3.8) is 0 Å². The highest BCUT2D eigenvalue weighted by Gasteiger charge is 2.34. The Hall–Kier alpha value is -3.22. The third-order valence-corrected chi connectivity index (χ3v) is 4.76. The monoisotopic (exact) mass is 399 g/mol. The van der Waals surface area contributed by atoms with Crippen LogP contribution in [0.3, 0.4) is 0 Å². The summed E-state index contributed by atoms with van der Waals surface area (Å²) in [7, 11) is 1.56. The molecule has 1 N–H and O–H groups in total. The molecule has 1 unspecified atom stereocenters. The number of likely N-dealkylation sites (tertiary alicyclic amines) is 1. The molecule has 29 heavy (non-hydrogen) atoms. The molecule has 1 aliphatic heterocycles. The van der Waals surface area contributed by atoms with E-state index in [1.807, 2.05) is 43.3 Å². The molecule has 0 radical (unpaired) electrons. The number of carboxylic acid groups (broad SMARTS) is 1. The van der Waals surface area contributed by atoms with E-state index in [1.165, 1.54) is 0 Å². The maximum Gasteiger partial charge on any atom is 0.308 e. The van der Waals surface area contributed by atoms with Gasteiger partial charge in [-0.25, -0.2) is 0 Å². The molecule has 154 valence electrons. The Morgan fingerprint density at radius 2 is 1.93 bits per heavy atom. The zero-order chi connectivity index (χ0) is 20.8. The first-order chi connectivity index (χ1) is 14.0. The molecule has 2 aromatic rings. The fourth-order valence-electron chi connectivity index (χ4n) is 3.26. The van der Waals surface area contributed by atoms with E-state index in [0.29, 0.717) is 31.3 Å². The summed E-state index contributed by atoms with van der Waals surface area (Å²) in [5, 5.41) is 9.12. The minimum Gasteiger partial charge on any atom is -0.493 e. The van der Waals surface area contributed by atoms with Crippen LogP contribution >= 0.6 is 0 Å². The number of aryl methyl sites for hydroxylation is 1. The second kappa shape index (κ2) is 9.32. The number of hydrogen-bond acceptors (Lipinski definition) is 5. The Morgan fingerprint density at radius 3 is 2.62 bits per heavy atom. The van der Waals surface area contributed by atoms with Gasteiger partial charge < -0.3 is 24.2 Å². The zero-order valence-corrected chi connectivity index (χ0v) is 16.6. The standard InChI is InChI=1S/C22H25NO6/c1-15-4-3-5-18(10-15)28-8-9-29-20-11-16(6-7-19(20)27-2)13-23-14-17(22(25)26)12-21(23)24/h3-7,10-11,17H,8-9,12-14H2,1-2H3,(H,25,26). The summed E-state index contributed by atoms with van der Waals surface area (Å²) in [6.45, 7) is 3.27. The van der Waals surface area contributed by atoms with Crippen LogP contribution in [-0.2, 0) is 16.1 Å². The first-order valence-corrected chi connectivity index (χ1v) is 9.46. The van der Waals surface area contributed by atoms with Crippen molar-refractivity contribution < 1.29 is 28.9 Å². The van der Waals surface area contributed by atoms with Gasteiger partial charge in [0.1, 0.15) is 19.0 Å². The number of aliphatic carboxylic acids is 1. The molecule has 1 saturated heterocycles. The van der Waals surface area contributed by atoms with Gasteiger partial charge in [-0.05, 0) is 42.3 Å². The Balaban J connectivity index is 1.58. The van der Waals surface area contributed by atoms with Crippen molar-refractivity contribution in [2.24, 2.45) is 5.92 Å². The molecule has 0 aromatic heterocycles. The van der Waals surface area contributed by atoms with E-state index < -0.39 is 11.9 Å². The number of ether oxygens (including phenoxy) is 3. The van der Waals surface area contributed by atoms with Crippen molar-refractivity contribution in [2.45, 2.75) is 19.9 Å². The van der Waals surface area contributed by atoms with Gasteiger partial charge in [0.05, 0.1) is 13.0 Å². The van der Waals surface area contributed by atoms with Gasteiger partial charge in [-0.1, -0.05) is 18.2 Å². The minimum absolute atomic E-state index is 0.0468. The highest BCUT2D eigenvalue weighted by atomic mass is 16.5. The minimum atomic E-state index is -0.937. The van der Waals surface area contributed by atoms with Crippen molar-refractivity contribution in [3.8, 4) is 17.2 Å². The molecule has 2 aromatic carbocycles. The lowest BCUT2D eigenvalue weighted by atomic mass is 10.1. The number of hydrogen-bond donors (Lipinski definition) is 1. The van der Waals surface area contributed by atoms with Crippen LogP contribution in [0.2, 0.25) is 0 Å². The van der Waals surface area contributed by atoms with E-state index in [1.54, 1.807) is 18.1 Å². The Labute approximate surface area is 169 Å². The van der Waals surface area contributed by atoms with E-state index in [4.69, 9.17) is 19.3 Å². The van der Waals surface area contributed by atoms with Gasteiger partial charge in [0.15, 0.2) is 11.5 Å². The van der Waals surface area contributed by atoms with Crippen LogP contribution < -0.4 is 14.2 Å². The van der Waals surface area contributed by atoms with Crippen LogP contribution in [0.5, 0.6) is 17.2 Å². The molecule has 0 bridgehead atoms. The number of benzene rings is 2. The van der Waals surface area contributed by atoms with Gasteiger partial charge in [-0.2, -0.15) is 0 Å². The molecule has 7 heteroatoms. The van der Waals surface area contributed by atoms with Gasteiger partial charge in [-0.15, -0.1) is 0 Å². The average Bonchev–Trinajstić information content (AvgIpc) is 3.06. The van der Waals surface area contributed by atoms with Crippen LogP contribution in [0.15, 0.2) is 42.5 Å². The number of carboxylic acids is 1. The summed E-state index contributed by atoms with van der Waals surface area (Å²) >= 11 is 0. The molecule has 0 aliphatic carbocycles. The van der Waals surface area contributed by atoms with Crippen molar-refractivity contribution in [3.05, 3.63) is 53.6 Å². The normalized spacial score (nSPS) is 16.0. The summed E-state index contributed by atoms with van der Waals surface area (Å²) in [5.74, 6) is 0.195. The van der Waals surface area contributed by atoms with Crippen LogP contribution in [0.4, 0.5) is 0 Å². The summed E-state index contributed by atoms with van der Waals surface area (Å²) in [4.78, 5) is 24.7. The van der Waals surface area contributed by atoms with Crippen molar-refractivity contribution in [1.82, 2.24) is 4.90 Å². The third-order valence-electron chi connectivity index (χ3n) is 4.76. The number of rotatable bonds is 9. The largest absolute Gasteiger partial charge is 0.493 e. The maximum atomic E-state index is 12.1. The smallest absolute Gasteiger partial charge is 0.308 e. The first-order valence-electron chi connectivity index (χ1n) is 9.46. The van der Waals surface area contributed by atoms with Crippen LogP contribution in [-0.4, -0.2) is 48.8 Å². The molecule has 3 rings (SSSR count). The number of methoxy groups -OCH3 is 1. The average molecular weight is 399 g/mol. The number of carbonyl (C=O) groups excluding carboxylic acids is 1. The van der Waals surface area contributed by atoms with Crippen LogP contribution in [0, 0.1) is 12.8 Å². The van der Waals surface area contributed by atoms with Gasteiger partial charge >= 0.3 is 5.97 Å². The highest BCUT2D eigenvalue weighted by Crippen LogP contribution is 2.29. The van der Waals surface area contributed by atoms with Gasteiger partial charge in [0.2, 0.25) is 5.91 Å². The summed E-state index contributed by atoms with van der Waals surface area (Å²) in [6, 6.07) is 13.2. The quantitative estimate of drug-likeness (QED) is 0.653. The fraction of sp³-hybridized carbons (Fsp3) is 0.364. The predicted molar refractivity (Wildman–Crippen MR) is 106 cm³/mol. The maximum absolute atomic E-state index is 12.1. The molecule has 1 aliphatic rings. The van der Waals surface area contributed by atoms with Crippen molar-refractivity contribution in [1.29, 1.82) is 0 Å². The van der Waals surface area contributed by atoms with E-state index in [9.17, 15) is 9.59 Å². The molecule has 1 fully saturated rings. The zero-order valence-electron chi connectivity index (χ0n) is 16.6. The molecule has 0 spiro atoms. The lowest BCUT2D eigenvalue weighted by Gasteiger charge is -2.18. The van der Waals surface area contributed by atoms with Crippen LogP contribution in [0.25, 0.3) is 0 Å². The first kappa shape index (κ1) is 20.5. The molecule has 1 heterocycles. The highest BCUT2D eigenvalue weighted by molar-refractivity contribution is 5.86. The summed E-state index contributed by atoms with van der Waals surface area (Å²) in [5.41, 5.74) is 1.97. The SMILES string of the molecule is COc1ccc(CN2CC(C(=O)O)CC2=O)cc1OCCOc1cccc(C)c1. The molecular weight excluding hydrogens is 374 g/mol. The fourth-order valence-corrected chi connectivity index (χ4v) is 3.26. The number of carbonyl (C=O) groups is 2. The Morgan fingerprint density at radius 1 is 1.14 bits per heavy atom. The van der Waals surface area contributed by atoms with Gasteiger partial charge in [-0.3, -0.25) is 9.59 Å². The van der Waals surface area contributed by atoms with Crippen LogP contribution in [0.1, 0.15) is 17.5 Å². The Kier molecular flexibility index (Phi) is 6.59. The van der Waals surface area contributed by atoms with E-state index >= 15 is 0 Å². The number of amides is 1. The topological polar surface area (TPSA) is 85.3 Å². The lowest BCUT2D eigenvalue weighted by Crippen LogP contribution is -2.25. The van der Waals surface area contributed by atoms with Gasteiger partial charge in [0.25, 0.3) is 0 Å². The molecular formula is C22H25NO6. The van der Waals surface area contributed by atoms with E-state index in [-0.39, 0.29) is 18.9 Å². The second-order valence-electron chi connectivity index (χ2n) is 7.01. The molecule has 7 nitrogen and oxygen atoms in total. The molecule has 1 amide bonds. The molecule has 0 saturated carbocycles. The van der Waals surface area contributed by atoms with E-state index in [2.05, 4.69) is 0 Å². The summed E-state index contributed by atoms with van der Waals surface area (Å²) < 4.78 is 16.9. The second-order valence-corrected chi connectivity index (χ2v) is 7.01. The third kappa shape index (κ3) is 5.40. The van der Waals surface area contributed by atoms with E-state index in [0.717, 1.165) is 16.9 Å². The van der Waals surface area contributed by atoms with Crippen molar-refractivity contribution >= 4 is 11.9 Å². The van der Waals surface area contributed by atoms with Crippen molar-refractivity contribution in [2.75, 3.05) is 26.9 Å². The summed E-state index contributed by atoms with van der Waals surface area (Å²) in [6.07, 6.45) is 0.0468. The van der Waals surface area contributed by atoms with Gasteiger partial charge in [0, 0.05) is 19.5 Å². The Bertz CT molecular complexity index is 881. The lowest BCUT2D eigenvalue weighted by molar-refractivity contribution is -0.141. The predicted octanol–water partition coefficient (Wildman–Crippen LogP) is 2.89. The number of nitrogens with zero attached hydrogens (tertiary/aromatic N) is 1. The molecule has 1 atom stereocenters.